The summed E-state index contributed by atoms with van der Waals surface area (Å²) >= 11 is 0. The number of carbonyl (C=O) groups is 1. The van der Waals surface area contributed by atoms with Gasteiger partial charge < -0.3 is 27.9 Å². The zero-order chi connectivity index (χ0) is 30.2. The number of methoxy groups -OCH3 is 2. The fraction of sp³-hybridized carbons (Fsp3) is 0.345. The highest BCUT2D eigenvalue weighted by atomic mass is 32.2. The van der Waals surface area contributed by atoms with Crippen LogP contribution >= 0.6 is 0 Å². The lowest BCUT2D eigenvalue weighted by atomic mass is 9.79. The summed E-state index contributed by atoms with van der Waals surface area (Å²) in [4.78, 5) is 13.5. The minimum atomic E-state index is -6.07. The average Bonchev–Trinajstić information content (AvgIpc) is 3.56. The molecule has 2 aliphatic rings. The Morgan fingerprint density at radius 1 is 0.905 bits per heavy atom. The smallest absolute Gasteiger partial charge is 0.497 e. The van der Waals surface area contributed by atoms with E-state index in [9.17, 15) is 26.4 Å². The van der Waals surface area contributed by atoms with Crippen molar-refractivity contribution in [1.82, 2.24) is 0 Å². The molecule has 0 amide bonds. The topological polar surface area (TPSA) is 107 Å². The molecule has 0 spiro atoms. The lowest BCUT2D eigenvalue weighted by molar-refractivity contribution is -0.146. The molecule has 13 heteroatoms. The Bertz CT molecular complexity index is 1600. The van der Waals surface area contributed by atoms with E-state index in [1.54, 1.807) is 36.4 Å². The monoisotopic (exact) mass is 608 g/mol. The summed E-state index contributed by atoms with van der Waals surface area (Å²) in [5.41, 5.74) is -3.84. The Morgan fingerprint density at radius 2 is 1.62 bits per heavy atom. The number of hydrogen-bond donors (Lipinski definition) is 0. The van der Waals surface area contributed by atoms with E-state index < -0.39 is 45.1 Å². The molecule has 3 aromatic carbocycles. The Hall–Kier alpha value is -4.13. The first-order valence-electron chi connectivity index (χ1n) is 12.9. The molecule has 9 nitrogen and oxygen atoms in total. The standard InChI is InChI=1S/C29H27F3O9S/c1-4-11-38-18-7-8-19-21(13-18)26(20-9-6-17(36-2)14-23(20)41-42(34,35)29(30,31)32)27(28(33)37-3)25(19)16-5-10-22-24(12-16)40-15-39-22/h5-10,12-14,25-27H,4,11,15H2,1-3H3. The first kappa shape index (κ1) is 29.4. The lowest BCUT2D eigenvalue weighted by Gasteiger charge is -2.26. The number of ether oxygens (including phenoxy) is 5. The van der Waals surface area contributed by atoms with Gasteiger partial charge in [-0.05, 0) is 53.4 Å². The van der Waals surface area contributed by atoms with Crippen LogP contribution in [0.25, 0.3) is 0 Å². The SMILES string of the molecule is CCCOc1ccc2c(c1)C(c1ccc(OC)cc1OS(=O)(=O)C(F)(F)F)C(C(=O)OC)C2c1ccc2c(c1)OCO2. The van der Waals surface area contributed by atoms with E-state index >= 15 is 0 Å². The molecule has 0 fully saturated rings. The molecule has 0 radical (unpaired) electrons. The van der Waals surface area contributed by atoms with Crippen LogP contribution in [-0.4, -0.2) is 47.5 Å². The van der Waals surface area contributed by atoms with Gasteiger partial charge in [0.15, 0.2) is 11.5 Å². The lowest BCUT2D eigenvalue weighted by Crippen LogP contribution is -2.29. The zero-order valence-electron chi connectivity index (χ0n) is 22.8. The van der Waals surface area contributed by atoms with E-state index in [1.807, 2.05) is 6.92 Å². The molecule has 1 heterocycles. The molecule has 0 N–H and O–H groups in total. The first-order valence-corrected chi connectivity index (χ1v) is 14.3. The van der Waals surface area contributed by atoms with Crippen molar-refractivity contribution in [3.8, 4) is 28.7 Å². The maximum absolute atomic E-state index is 13.5. The molecule has 3 atom stereocenters. The van der Waals surface area contributed by atoms with Crippen molar-refractivity contribution in [2.24, 2.45) is 5.92 Å². The van der Waals surface area contributed by atoms with Crippen LogP contribution in [0.4, 0.5) is 13.2 Å². The number of hydrogen-bond acceptors (Lipinski definition) is 9. The van der Waals surface area contributed by atoms with Gasteiger partial charge in [0.25, 0.3) is 0 Å². The third kappa shape index (κ3) is 5.28. The van der Waals surface area contributed by atoms with Gasteiger partial charge in [-0.1, -0.05) is 25.1 Å². The van der Waals surface area contributed by atoms with Crippen molar-refractivity contribution in [3.63, 3.8) is 0 Å². The van der Waals surface area contributed by atoms with Crippen LogP contribution in [-0.2, 0) is 19.6 Å². The molecular weight excluding hydrogens is 581 g/mol. The minimum Gasteiger partial charge on any atom is -0.497 e. The van der Waals surface area contributed by atoms with Gasteiger partial charge in [0.2, 0.25) is 6.79 Å². The number of esters is 1. The second-order valence-electron chi connectivity index (χ2n) is 9.64. The molecule has 5 rings (SSSR count). The largest absolute Gasteiger partial charge is 0.534 e. The Morgan fingerprint density at radius 3 is 2.31 bits per heavy atom. The number of fused-ring (bicyclic) bond motifs is 2. The molecule has 1 aliphatic heterocycles. The fourth-order valence-electron chi connectivity index (χ4n) is 5.39. The molecule has 3 unspecified atom stereocenters. The van der Waals surface area contributed by atoms with Crippen molar-refractivity contribution in [1.29, 1.82) is 0 Å². The van der Waals surface area contributed by atoms with E-state index in [1.165, 1.54) is 26.4 Å². The van der Waals surface area contributed by atoms with E-state index in [-0.39, 0.29) is 18.1 Å². The van der Waals surface area contributed by atoms with E-state index in [0.29, 0.717) is 40.5 Å². The van der Waals surface area contributed by atoms with Crippen LogP contribution < -0.4 is 23.1 Å². The molecule has 42 heavy (non-hydrogen) atoms. The second-order valence-corrected chi connectivity index (χ2v) is 11.2. The van der Waals surface area contributed by atoms with Crippen LogP contribution in [0.2, 0.25) is 0 Å². The van der Waals surface area contributed by atoms with Crippen molar-refractivity contribution >= 4 is 16.1 Å². The molecule has 0 saturated carbocycles. The number of carbonyl (C=O) groups excluding carboxylic acids is 1. The highest BCUT2D eigenvalue weighted by Crippen LogP contribution is 2.56. The molecule has 0 aromatic heterocycles. The molecule has 0 bridgehead atoms. The van der Waals surface area contributed by atoms with Crippen LogP contribution in [0.3, 0.4) is 0 Å². The number of halogens is 3. The Balaban J connectivity index is 1.74. The maximum Gasteiger partial charge on any atom is 0.534 e. The fourth-order valence-corrected chi connectivity index (χ4v) is 5.87. The summed E-state index contributed by atoms with van der Waals surface area (Å²) in [6.45, 7) is 2.36. The highest BCUT2D eigenvalue weighted by molar-refractivity contribution is 7.88. The van der Waals surface area contributed by atoms with Gasteiger partial charge in [0.1, 0.15) is 17.2 Å². The van der Waals surface area contributed by atoms with Gasteiger partial charge in [-0.15, -0.1) is 0 Å². The Labute approximate surface area is 240 Å². The second kappa shape index (κ2) is 11.3. The van der Waals surface area contributed by atoms with E-state index in [4.69, 9.17) is 23.7 Å². The van der Waals surface area contributed by atoms with Gasteiger partial charge in [0.05, 0.1) is 26.7 Å². The maximum atomic E-state index is 13.5. The van der Waals surface area contributed by atoms with Gasteiger partial charge in [-0.25, -0.2) is 0 Å². The number of alkyl halides is 3. The van der Waals surface area contributed by atoms with Crippen molar-refractivity contribution in [2.45, 2.75) is 30.7 Å². The van der Waals surface area contributed by atoms with Crippen LogP contribution in [0.1, 0.15) is 47.4 Å². The van der Waals surface area contributed by atoms with Crippen molar-refractivity contribution in [3.05, 3.63) is 76.9 Å². The predicted molar refractivity (Wildman–Crippen MR) is 143 cm³/mol. The van der Waals surface area contributed by atoms with Crippen LogP contribution in [0.5, 0.6) is 28.7 Å². The third-order valence-corrected chi connectivity index (χ3v) is 8.15. The number of rotatable bonds is 9. The number of benzene rings is 3. The van der Waals surface area contributed by atoms with Gasteiger partial charge >= 0.3 is 21.6 Å². The summed E-state index contributed by atoms with van der Waals surface area (Å²) in [5.74, 6) is -2.52. The van der Waals surface area contributed by atoms with Crippen molar-refractivity contribution < 1.29 is 54.3 Å². The van der Waals surface area contributed by atoms with Crippen LogP contribution in [0, 0.1) is 5.92 Å². The summed E-state index contributed by atoms with van der Waals surface area (Å²) in [7, 11) is -3.60. The molecule has 3 aromatic rings. The van der Waals surface area contributed by atoms with Gasteiger partial charge in [-0.2, -0.15) is 21.6 Å². The highest BCUT2D eigenvalue weighted by Gasteiger charge is 2.51. The summed E-state index contributed by atoms with van der Waals surface area (Å²) in [5, 5.41) is 0. The normalized spacial score (nSPS) is 19.2. The van der Waals surface area contributed by atoms with E-state index in [0.717, 1.165) is 12.5 Å². The van der Waals surface area contributed by atoms with Crippen LogP contribution in [0.15, 0.2) is 54.6 Å². The molecular formula is C29H27F3O9S. The first-order chi connectivity index (χ1) is 20.0. The quantitative estimate of drug-likeness (QED) is 0.177. The molecule has 0 saturated heterocycles. The van der Waals surface area contributed by atoms with Gasteiger partial charge in [-0.3, -0.25) is 4.79 Å². The summed E-state index contributed by atoms with van der Waals surface area (Å²) in [6, 6.07) is 14.3. The molecule has 1 aliphatic carbocycles. The third-order valence-electron chi connectivity index (χ3n) is 7.19. The Kier molecular flexibility index (Phi) is 7.88. The predicted octanol–water partition coefficient (Wildman–Crippen LogP) is 5.51. The molecule has 224 valence electrons. The van der Waals surface area contributed by atoms with Gasteiger partial charge in [0, 0.05) is 23.5 Å². The zero-order valence-corrected chi connectivity index (χ0v) is 23.6. The summed E-state index contributed by atoms with van der Waals surface area (Å²) in [6.07, 6.45) is 0.719. The minimum absolute atomic E-state index is 0.0103. The average molecular weight is 609 g/mol. The summed E-state index contributed by atoms with van der Waals surface area (Å²) < 4.78 is 96.4. The van der Waals surface area contributed by atoms with E-state index in [2.05, 4.69) is 4.18 Å². The van der Waals surface area contributed by atoms with Crippen molar-refractivity contribution in [2.75, 3.05) is 27.6 Å².